The van der Waals surface area contributed by atoms with Crippen LogP contribution in [-0.4, -0.2) is 24.7 Å². The molecule has 6 nitrogen and oxygen atoms in total. The van der Waals surface area contributed by atoms with Crippen LogP contribution in [0.2, 0.25) is 0 Å². The van der Waals surface area contributed by atoms with Crippen molar-refractivity contribution in [3.63, 3.8) is 0 Å². The number of carbonyl (C=O) groups is 1. The van der Waals surface area contributed by atoms with E-state index >= 15 is 0 Å². The maximum Gasteiger partial charge on any atom is 0.220 e. The lowest BCUT2D eigenvalue weighted by Crippen LogP contribution is -2.59. The lowest BCUT2D eigenvalue weighted by Gasteiger charge is -2.63. The summed E-state index contributed by atoms with van der Waals surface area (Å²) < 4.78 is 13.6. The predicted octanol–water partition coefficient (Wildman–Crippen LogP) is 9.43. The lowest BCUT2D eigenvalue weighted by atomic mass is 9.43. The van der Waals surface area contributed by atoms with Crippen LogP contribution in [0.4, 0.5) is 11.4 Å². The molecule has 0 heterocycles. The maximum absolute atomic E-state index is 12.7. The summed E-state index contributed by atoms with van der Waals surface area (Å²) in [7, 11) is 0. The molecule has 0 spiro atoms. The van der Waals surface area contributed by atoms with Crippen LogP contribution in [0, 0.1) is 46.3 Å². The van der Waals surface area contributed by atoms with Crippen molar-refractivity contribution >= 4 is 17.3 Å². The van der Waals surface area contributed by atoms with Crippen molar-refractivity contribution in [1.29, 1.82) is 0 Å². The number of rotatable bonds is 13. The molecule has 5 N–H and O–H groups in total. The van der Waals surface area contributed by atoms with Gasteiger partial charge in [0.2, 0.25) is 5.91 Å². The van der Waals surface area contributed by atoms with Crippen LogP contribution in [0.5, 0.6) is 11.5 Å². The van der Waals surface area contributed by atoms with Gasteiger partial charge in [0.15, 0.2) is 0 Å². The van der Waals surface area contributed by atoms with Crippen LogP contribution in [-0.2, 0) is 4.79 Å². The SMILES string of the molecule is CCCCCCNC(=O)CC[C@@H](C)[C@H]1CC[C@H]2[C@@H]3CC(Oc4ccc(N)cc4)C4CC(Oc5ccc(N)cc5)CC[C@]4(C)[C@H]3CC[C@]12C. The number of unbranched alkanes of at least 4 members (excludes halogenated alkanes) is 3. The second-order valence-corrected chi connectivity index (χ2v) is 16.7. The Labute approximate surface area is 290 Å². The molecule has 48 heavy (non-hydrogen) atoms. The van der Waals surface area contributed by atoms with Crippen molar-refractivity contribution in [1.82, 2.24) is 5.32 Å². The van der Waals surface area contributed by atoms with Crippen LogP contribution in [0.3, 0.4) is 0 Å². The van der Waals surface area contributed by atoms with Gasteiger partial charge in [-0.2, -0.15) is 0 Å². The first-order chi connectivity index (χ1) is 23.1. The topological polar surface area (TPSA) is 99.6 Å². The molecule has 4 fully saturated rings. The first kappa shape index (κ1) is 35.0. The monoisotopic (exact) mass is 657 g/mol. The standard InChI is InChI=1S/C42H63N3O3/c1-5-6-7-8-25-45-40(46)20-9-28(2)35-18-19-36-34-27-39(48-32-16-12-30(44)13-17-32)38-26-33(47-31-14-10-29(43)11-15-31)21-23-42(38,4)37(34)22-24-41(35,36)3/h10-17,28,33-39H,5-9,18-27,43-44H2,1-4H3,(H,45,46)/t28-,33?,34+,35-,36+,37+,38?,39?,41-,42-/m1/s1. The van der Waals surface area contributed by atoms with E-state index in [0.717, 1.165) is 73.4 Å². The molecule has 4 saturated carbocycles. The van der Waals surface area contributed by atoms with Gasteiger partial charge in [-0.25, -0.2) is 0 Å². The fraction of sp³-hybridized carbons (Fsp3) is 0.690. The molecular weight excluding hydrogens is 594 g/mol. The highest BCUT2D eigenvalue weighted by atomic mass is 16.5. The first-order valence-electron chi connectivity index (χ1n) is 19.4. The van der Waals surface area contributed by atoms with Gasteiger partial charge in [0, 0.05) is 30.3 Å². The van der Waals surface area contributed by atoms with E-state index in [2.05, 4.69) is 33.0 Å². The fourth-order valence-electron chi connectivity index (χ4n) is 11.3. The summed E-state index contributed by atoms with van der Waals surface area (Å²) in [6, 6.07) is 15.9. The Morgan fingerprint density at radius 1 is 0.812 bits per heavy atom. The Morgan fingerprint density at radius 2 is 1.46 bits per heavy atom. The van der Waals surface area contributed by atoms with Crippen LogP contribution < -0.4 is 26.3 Å². The molecule has 264 valence electrons. The molecule has 6 heteroatoms. The molecule has 6 rings (SSSR count). The summed E-state index contributed by atoms with van der Waals surface area (Å²) in [6.45, 7) is 10.7. The van der Waals surface area contributed by atoms with Crippen molar-refractivity contribution in [3.8, 4) is 11.5 Å². The lowest BCUT2D eigenvalue weighted by molar-refractivity contribution is -0.164. The molecule has 4 aliphatic rings. The van der Waals surface area contributed by atoms with Gasteiger partial charge in [-0.05, 0) is 153 Å². The van der Waals surface area contributed by atoms with E-state index in [4.69, 9.17) is 20.9 Å². The molecule has 3 unspecified atom stereocenters. The number of amides is 1. The van der Waals surface area contributed by atoms with Crippen molar-refractivity contribution < 1.29 is 14.3 Å². The summed E-state index contributed by atoms with van der Waals surface area (Å²) >= 11 is 0. The molecule has 1 amide bonds. The minimum atomic E-state index is 0.150. The number of carbonyl (C=O) groups excluding carboxylic acids is 1. The number of benzene rings is 2. The van der Waals surface area contributed by atoms with Gasteiger partial charge in [0.05, 0.1) is 6.10 Å². The second-order valence-electron chi connectivity index (χ2n) is 16.7. The molecule has 10 atom stereocenters. The zero-order valence-corrected chi connectivity index (χ0v) is 30.2. The van der Waals surface area contributed by atoms with Gasteiger partial charge < -0.3 is 26.3 Å². The van der Waals surface area contributed by atoms with E-state index in [0.29, 0.717) is 35.5 Å². The summed E-state index contributed by atoms with van der Waals surface area (Å²) in [5, 5.41) is 3.19. The number of anilines is 2. The van der Waals surface area contributed by atoms with Crippen LogP contribution in [0.1, 0.15) is 118 Å². The quantitative estimate of drug-likeness (QED) is 0.147. The summed E-state index contributed by atoms with van der Waals surface area (Å²) in [4.78, 5) is 12.7. The van der Waals surface area contributed by atoms with E-state index in [1.807, 2.05) is 48.5 Å². The van der Waals surface area contributed by atoms with E-state index < -0.39 is 0 Å². The number of hydrogen-bond donors (Lipinski definition) is 3. The zero-order chi connectivity index (χ0) is 33.9. The average molecular weight is 658 g/mol. The normalized spacial score (nSPS) is 34.7. The predicted molar refractivity (Wildman–Crippen MR) is 197 cm³/mol. The third-order valence-corrected chi connectivity index (χ3v) is 13.9. The molecule has 0 aromatic heterocycles. The van der Waals surface area contributed by atoms with Gasteiger partial charge in [-0.1, -0.05) is 47.0 Å². The minimum Gasteiger partial charge on any atom is -0.490 e. The fourth-order valence-corrected chi connectivity index (χ4v) is 11.3. The van der Waals surface area contributed by atoms with Crippen molar-refractivity contribution in [3.05, 3.63) is 48.5 Å². The Morgan fingerprint density at radius 3 is 2.15 bits per heavy atom. The Balaban J connectivity index is 1.16. The molecule has 0 aliphatic heterocycles. The molecule has 2 aromatic carbocycles. The van der Waals surface area contributed by atoms with E-state index in [1.54, 1.807) is 0 Å². The van der Waals surface area contributed by atoms with Gasteiger partial charge >= 0.3 is 0 Å². The van der Waals surface area contributed by atoms with Crippen LogP contribution in [0.25, 0.3) is 0 Å². The Bertz CT molecular complexity index is 1350. The average Bonchev–Trinajstić information content (AvgIpc) is 3.43. The molecule has 4 aliphatic carbocycles. The molecular formula is C42H63N3O3. The molecule has 0 radical (unpaired) electrons. The molecule has 0 saturated heterocycles. The third kappa shape index (κ3) is 7.33. The van der Waals surface area contributed by atoms with Gasteiger partial charge in [-0.15, -0.1) is 0 Å². The third-order valence-electron chi connectivity index (χ3n) is 13.9. The van der Waals surface area contributed by atoms with Crippen molar-refractivity contribution in [2.75, 3.05) is 18.0 Å². The number of hydrogen-bond acceptors (Lipinski definition) is 5. The Kier molecular flexibility index (Phi) is 10.9. The highest BCUT2D eigenvalue weighted by Crippen LogP contribution is 2.68. The first-order valence-corrected chi connectivity index (χ1v) is 19.4. The van der Waals surface area contributed by atoms with Gasteiger partial charge in [0.1, 0.15) is 17.6 Å². The molecule has 0 bridgehead atoms. The number of ether oxygens (including phenoxy) is 2. The maximum atomic E-state index is 12.7. The second kappa shape index (κ2) is 14.9. The highest BCUT2D eigenvalue weighted by molar-refractivity contribution is 5.75. The summed E-state index contributed by atoms with van der Waals surface area (Å²) in [6.07, 6.45) is 16.4. The molecule has 2 aromatic rings. The van der Waals surface area contributed by atoms with Crippen molar-refractivity contribution in [2.45, 2.75) is 130 Å². The number of nitrogen functional groups attached to an aromatic ring is 2. The largest absolute Gasteiger partial charge is 0.490 e. The van der Waals surface area contributed by atoms with E-state index in [-0.39, 0.29) is 23.5 Å². The minimum absolute atomic E-state index is 0.150. The summed E-state index contributed by atoms with van der Waals surface area (Å²) in [5.41, 5.74) is 14.1. The van der Waals surface area contributed by atoms with Crippen molar-refractivity contribution in [2.24, 2.45) is 46.3 Å². The number of nitrogens with two attached hydrogens (primary N) is 2. The van der Waals surface area contributed by atoms with Crippen LogP contribution >= 0.6 is 0 Å². The zero-order valence-electron chi connectivity index (χ0n) is 30.2. The van der Waals surface area contributed by atoms with E-state index in [1.165, 1.54) is 51.4 Å². The van der Waals surface area contributed by atoms with Gasteiger partial charge in [-0.3, -0.25) is 4.79 Å². The van der Waals surface area contributed by atoms with Crippen LogP contribution in [0.15, 0.2) is 48.5 Å². The van der Waals surface area contributed by atoms with E-state index in [9.17, 15) is 4.79 Å². The summed E-state index contributed by atoms with van der Waals surface area (Å²) in [5.74, 6) is 5.87. The smallest absolute Gasteiger partial charge is 0.220 e. The Hall–Kier alpha value is -2.89. The number of nitrogens with one attached hydrogen (secondary N) is 1. The highest BCUT2D eigenvalue weighted by Gasteiger charge is 2.63. The number of fused-ring (bicyclic) bond motifs is 5. The van der Waals surface area contributed by atoms with Gasteiger partial charge in [0.25, 0.3) is 0 Å².